The molecule has 0 spiro atoms. The van der Waals surface area contributed by atoms with Crippen molar-refractivity contribution in [1.29, 1.82) is 0 Å². The summed E-state index contributed by atoms with van der Waals surface area (Å²) in [5.41, 5.74) is 1.04. The maximum absolute atomic E-state index is 12.3. The van der Waals surface area contributed by atoms with E-state index in [2.05, 4.69) is 0 Å². The third-order valence-corrected chi connectivity index (χ3v) is 2.73. The average Bonchev–Trinajstić information content (AvgIpc) is 2.42. The molecule has 98 valence electrons. The second kappa shape index (κ2) is 5.52. The number of aryl methyl sites for hydroxylation is 1. The number of rotatable bonds is 3. The third kappa shape index (κ3) is 2.73. The first-order valence-corrected chi connectivity index (χ1v) is 6.06. The van der Waals surface area contributed by atoms with Crippen LogP contribution in [0.3, 0.4) is 0 Å². The molecular weight excluding hydrogens is 242 g/mol. The van der Waals surface area contributed by atoms with E-state index in [1.54, 1.807) is 24.7 Å². The van der Waals surface area contributed by atoms with E-state index in [-0.39, 0.29) is 17.6 Å². The van der Waals surface area contributed by atoms with Crippen molar-refractivity contribution in [2.75, 3.05) is 6.61 Å². The molecular formula is C15H15NO3. The maximum Gasteiger partial charge on any atom is 0.343 e. The smallest absolute Gasteiger partial charge is 0.343 e. The molecule has 0 saturated heterocycles. The van der Waals surface area contributed by atoms with Gasteiger partial charge >= 0.3 is 5.97 Å². The van der Waals surface area contributed by atoms with E-state index in [4.69, 9.17) is 4.74 Å². The van der Waals surface area contributed by atoms with Crippen LogP contribution in [-0.2, 0) is 11.8 Å². The fourth-order valence-corrected chi connectivity index (χ4v) is 1.88. The quantitative estimate of drug-likeness (QED) is 0.792. The Labute approximate surface area is 111 Å². The lowest BCUT2D eigenvalue weighted by Crippen LogP contribution is -2.21. The van der Waals surface area contributed by atoms with E-state index in [1.807, 2.05) is 30.3 Å². The number of hydrogen-bond acceptors (Lipinski definition) is 3. The number of ether oxygens (including phenoxy) is 1. The second-order valence-electron chi connectivity index (χ2n) is 4.17. The number of benzene rings is 1. The summed E-state index contributed by atoms with van der Waals surface area (Å²) in [6.07, 6.45) is 3.20. The standard InChI is InChI=1S/C15H15NO3/c1-3-19-15(18)13-10-16(2)9-12(14(13)17)11-7-5-4-6-8-11/h4-10H,3H2,1-2H3. The predicted octanol–water partition coefficient (Wildman–Crippen LogP) is 2.23. The molecule has 4 nitrogen and oxygen atoms in total. The highest BCUT2D eigenvalue weighted by Gasteiger charge is 2.15. The van der Waals surface area contributed by atoms with Crippen molar-refractivity contribution in [2.45, 2.75) is 6.92 Å². The number of hydrogen-bond donors (Lipinski definition) is 0. The minimum atomic E-state index is -0.583. The summed E-state index contributed by atoms with van der Waals surface area (Å²) in [4.78, 5) is 24.1. The number of esters is 1. The normalized spacial score (nSPS) is 10.2. The van der Waals surface area contributed by atoms with Crippen molar-refractivity contribution in [2.24, 2.45) is 7.05 Å². The first-order chi connectivity index (χ1) is 9.13. The van der Waals surface area contributed by atoms with Crippen LogP contribution < -0.4 is 5.43 Å². The van der Waals surface area contributed by atoms with Gasteiger partial charge in [0.25, 0.3) is 0 Å². The molecule has 0 aliphatic rings. The fraction of sp³-hybridized carbons (Fsp3) is 0.200. The van der Waals surface area contributed by atoms with E-state index < -0.39 is 5.97 Å². The Kier molecular flexibility index (Phi) is 3.80. The first-order valence-electron chi connectivity index (χ1n) is 6.06. The summed E-state index contributed by atoms with van der Waals surface area (Å²) >= 11 is 0. The van der Waals surface area contributed by atoms with Gasteiger partial charge in [-0.1, -0.05) is 30.3 Å². The SMILES string of the molecule is CCOC(=O)c1cn(C)cc(-c2ccccc2)c1=O. The number of pyridine rings is 1. The molecule has 0 atom stereocenters. The van der Waals surface area contributed by atoms with Gasteiger partial charge in [-0.3, -0.25) is 4.79 Å². The van der Waals surface area contributed by atoms with Crippen LogP contribution in [0.15, 0.2) is 47.5 Å². The molecule has 1 heterocycles. The predicted molar refractivity (Wildman–Crippen MR) is 73.1 cm³/mol. The van der Waals surface area contributed by atoms with E-state index in [1.165, 1.54) is 6.20 Å². The molecule has 0 aliphatic heterocycles. The Bertz CT molecular complexity index is 644. The van der Waals surface area contributed by atoms with Gasteiger partial charge in [-0.05, 0) is 12.5 Å². The number of aromatic nitrogens is 1. The van der Waals surface area contributed by atoms with Gasteiger partial charge in [-0.15, -0.1) is 0 Å². The van der Waals surface area contributed by atoms with Gasteiger partial charge in [-0.25, -0.2) is 4.79 Å². The molecule has 0 aliphatic carbocycles. The Balaban J connectivity index is 2.58. The van der Waals surface area contributed by atoms with Crippen LogP contribution in [0.2, 0.25) is 0 Å². The van der Waals surface area contributed by atoms with Crippen molar-refractivity contribution in [1.82, 2.24) is 4.57 Å². The lowest BCUT2D eigenvalue weighted by molar-refractivity contribution is 0.0524. The zero-order valence-corrected chi connectivity index (χ0v) is 10.9. The summed E-state index contributed by atoms with van der Waals surface area (Å²) in [6, 6.07) is 9.26. The Morgan fingerprint density at radius 1 is 1.21 bits per heavy atom. The molecule has 2 aromatic rings. The molecule has 0 radical (unpaired) electrons. The molecule has 0 fully saturated rings. The lowest BCUT2D eigenvalue weighted by Gasteiger charge is -2.08. The van der Waals surface area contributed by atoms with Crippen molar-refractivity contribution in [3.8, 4) is 11.1 Å². The highest BCUT2D eigenvalue weighted by atomic mass is 16.5. The summed E-state index contributed by atoms with van der Waals surface area (Å²) in [6.45, 7) is 1.96. The summed E-state index contributed by atoms with van der Waals surface area (Å²) in [5.74, 6) is -0.583. The van der Waals surface area contributed by atoms with Crippen LogP contribution in [0.25, 0.3) is 11.1 Å². The molecule has 0 amide bonds. The molecule has 0 bridgehead atoms. The Hall–Kier alpha value is -2.36. The average molecular weight is 257 g/mol. The van der Waals surface area contributed by atoms with E-state index in [0.717, 1.165) is 5.56 Å². The van der Waals surface area contributed by atoms with Gasteiger partial charge in [-0.2, -0.15) is 0 Å². The number of nitrogens with zero attached hydrogens (tertiary/aromatic N) is 1. The van der Waals surface area contributed by atoms with Crippen molar-refractivity contribution >= 4 is 5.97 Å². The molecule has 4 heteroatoms. The summed E-state index contributed by atoms with van der Waals surface area (Å²) in [7, 11) is 1.77. The van der Waals surface area contributed by atoms with Crippen LogP contribution in [-0.4, -0.2) is 17.1 Å². The molecule has 0 saturated carbocycles. The second-order valence-corrected chi connectivity index (χ2v) is 4.17. The van der Waals surface area contributed by atoms with Crippen molar-refractivity contribution in [3.63, 3.8) is 0 Å². The van der Waals surface area contributed by atoms with Crippen molar-refractivity contribution < 1.29 is 9.53 Å². The van der Waals surface area contributed by atoms with Crippen LogP contribution in [0.1, 0.15) is 17.3 Å². The summed E-state index contributed by atoms with van der Waals surface area (Å²) < 4.78 is 6.59. The topological polar surface area (TPSA) is 48.3 Å². The van der Waals surface area contributed by atoms with Gasteiger partial charge in [0.2, 0.25) is 5.43 Å². The fourth-order valence-electron chi connectivity index (χ4n) is 1.88. The van der Waals surface area contributed by atoms with Crippen LogP contribution in [0, 0.1) is 0 Å². The zero-order chi connectivity index (χ0) is 13.8. The molecule has 0 unspecified atom stereocenters. The minimum Gasteiger partial charge on any atom is -0.462 e. The largest absolute Gasteiger partial charge is 0.462 e. The molecule has 0 N–H and O–H groups in total. The van der Waals surface area contributed by atoms with E-state index in [9.17, 15) is 9.59 Å². The van der Waals surface area contributed by atoms with Gasteiger partial charge < -0.3 is 9.30 Å². The van der Waals surface area contributed by atoms with E-state index >= 15 is 0 Å². The maximum atomic E-state index is 12.3. The van der Waals surface area contributed by atoms with Crippen LogP contribution in [0.5, 0.6) is 0 Å². The number of carbonyl (C=O) groups excluding carboxylic acids is 1. The van der Waals surface area contributed by atoms with Crippen LogP contribution >= 0.6 is 0 Å². The number of carbonyl (C=O) groups is 1. The van der Waals surface area contributed by atoms with Gasteiger partial charge in [0.15, 0.2) is 0 Å². The van der Waals surface area contributed by atoms with Gasteiger partial charge in [0, 0.05) is 25.0 Å². The van der Waals surface area contributed by atoms with Crippen molar-refractivity contribution in [3.05, 3.63) is 58.5 Å². The molecule has 2 rings (SSSR count). The molecule has 1 aromatic heterocycles. The van der Waals surface area contributed by atoms with Gasteiger partial charge in [0.1, 0.15) is 5.56 Å². The highest BCUT2D eigenvalue weighted by Crippen LogP contribution is 2.15. The van der Waals surface area contributed by atoms with Gasteiger partial charge in [0.05, 0.1) is 6.61 Å². The third-order valence-electron chi connectivity index (χ3n) is 2.73. The zero-order valence-electron chi connectivity index (χ0n) is 10.9. The van der Waals surface area contributed by atoms with E-state index in [0.29, 0.717) is 5.56 Å². The summed E-state index contributed by atoms with van der Waals surface area (Å²) in [5, 5.41) is 0. The molecule has 19 heavy (non-hydrogen) atoms. The first kappa shape index (κ1) is 13.1. The van der Waals surface area contributed by atoms with Crippen LogP contribution in [0.4, 0.5) is 0 Å². The lowest BCUT2D eigenvalue weighted by atomic mass is 10.1. The molecule has 1 aromatic carbocycles. The highest BCUT2D eigenvalue weighted by molar-refractivity contribution is 5.90. The Morgan fingerprint density at radius 2 is 1.89 bits per heavy atom. The minimum absolute atomic E-state index is 0.0608. The monoisotopic (exact) mass is 257 g/mol. The Morgan fingerprint density at radius 3 is 2.53 bits per heavy atom.